The van der Waals surface area contributed by atoms with Crippen LogP contribution in [0.3, 0.4) is 0 Å². The van der Waals surface area contributed by atoms with Crippen LogP contribution in [-0.4, -0.2) is 41.7 Å². The van der Waals surface area contributed by atoms with Crippen molar-refractivity contribution >= 4 is 23.6 Å². The number of rotatable bonds is 12. The van der Waals surface area contributed by atoms with Crippen LogP contribution in [0.4, 0.5) is 0 Å². The first-order chi connectivity index (χ1) is 15.4. The molecule has 0 fully saturated rings. The molecule has 2 amide bonds. The molecule has 0 spiro atoms. The van der Waals surface area contributed by atoms with Gasteiger partial charge in [-0.3, -0.25) is 9.59 Å². The zero-order valence-electron chi connectivity index (χ0n) is 19.9. The molecule has 1 N–H and O–H groups in total. The van der Waals surface area contributed by atoms with E-state index in [9.17, 15) is 9.59 Å². The van der Waals surface area contributed by atoms with Gasteiger partial charge in [-0.25, -0.2) is 0 Å². The first-order valence-corrected chi connectivity index (χ1v) is 12.3. The third kappa shape index (κ3) is 7.90. The number of methoxy groups -OCH3 is 1. The van der Waals surface area contributed by atoms with E-state index in [-0.39, 0.29) is 17.9 Å². The Bertz CT molecular complexity index is 852. The molecule has 0 aromatic heterocycles. The number of ether oxygens (including phenoxy) is 1. The summed E-state index contributed by atoms with van der Waals surface area (Å²) < 4.78 is 5.24. The second-order valence-electron chi connectivity index (χ2n) is 8.02. The number of carbonyl (C=O) groups excluding carboxylic acids is 2. The van der Waals surface area contributed by atoms with Crippen LogP contribution in [0, 0.1) is 6.92 Å². The van der Waals surface area contributed by atoms with E-state index in [1.807, 2.05) is 45.0 Å². The van der Waals surface area contributed by atoms with Crippen molar-refractivity contribution in [3.8, 4) is 5.75 Å². The topological polar surface area (TPSA) is 58.6 Å². The first kappa shape index (κ1) is 25.8. The lowest BCUT2D eigenvalue weighted by atomic mass is 10.1. The fourth-order valence-electron chi connectivity index (χ4n) is 3.32. The zero-order valence-corrected chi connectivity index (χ0v) is 20.7. The lowest BCUT2D eigenvalue weighted by Gasteiger charge is -2.31. The summed E-state index contributed by atoms with van der Waals surface area (Å²) in [6.45, 7) is 8.43. The summed E-state index contributed by atoms with van der Waals surface area (Å²) in [5.41, 5.74) is 2.19. The molecule has 6 heteroatoms. The highest BCUT2D eigenvalue weighted by Crippen LogP contribution is 2.21. The van der Waals surface area contributed by atoms with Crippen LogP contribution in [0.5, 0.6) is 5.75 Å². The smallest absolute Gasteiger partial charge is 0.243 e. The van der Waals surface area contributed by atoms with E-state index in [0.29, 0.717) is 25.1 Å². The Morgan fingerprint density at radius 2 is 1.69 bits per heavy atom. The van der Waals surface area contributed by atoms with E-state index < -0.39 is 6.04 Å². The van der Waals surface area contributed by atoms with E-state index in [4.69, 9.17) is 4.74 Å². The minimum atomic E-state index is -0.497. The van der Waals surface area contributed by atoms with Crippen molar-refractivity contribution in [2.75, 3.05) is 12.9 Å². The Labute approximate surface area is 196 Å². The van der Waals surface area contributed by atoms with Crippen molar-refractivity contribution in [1.82, 2.24) is 10.2 Å². The molecule has 32 heavy (non-hydrogen) atoms. The average Bonchev–Trinajstić information content (AvgIpc) is 2.80. The number of nitrogens with zero attached hydrogens (tertiary/aromatic N) is 1. The highest BCUT2D eigenvalue weighted by atomic mass is 32.2. The van der Waals surface area contributed by atoms with Gasteiger partial charge in [0.25, 0.3) is 0 Å². The minimum Gasteiger partial charge on any atom is -0.497 e. The lowest BCUT2D eigenvalue weighted by Crippen LogP contribution is -2.50. The third-order valence-corrected chi connectivity index (χ3v) is 6.52. The maximum atomic E-state index is 13.3. The van der Waals surface area contributed by atoms with Crippen LogP contribution in [0.15, 0.2) is 53.4 Å². The number of thioether (sulfide) groups is 1. The number of carbonyl (C=O) groups is 2. The Balaban J connectivity index is 2.13. The van der Waals surface area contributed by atoms with E-state index in [1.54, 1.807) is 23.8 Å². The Morgan fingerprint density at radius 3 is 2.25 bits per heavy atom. The predicted octanol–water partition coefficient (Wildman–Crippen LogP) is 5.21. The lowest BCUT2D eigenvalue weighted by molar-refractivity contribution is -0.141. The number of aryl methyl sites for hydroxylation is 1. The molecule has 0 saturated heterocycles. The van der Waals surface area contributed by atoms with E-state index in [1.165, 1.54) is 5.56 Å². The molecular weight excluding hydrogens is 420 g/mol. The maximum absolute atomic E-state index is 13.3. The second-order valence-corrected chi connectivity index (χ2v) is 9.19. The van der Waals surface area contributed by atoms with Crippen molar-refractivity contribution in [1.29, 1.82) is 0 Å². The van der Waals surface area contributed by atoms with Crippen molar-refractivity contribution in [2.45, 2.75) is 70.5 Å². The summed E-state index contributed by atoms with van der Waals surface area (Å²) in [4.78, 5) is 29.1. The molecule has 0 saturated carbocycles. The molecule has 2 aromatic rings. The number of hydrogen-bond acceptors (Lipinski definition) is 4. The van der Waals surface area contributed by atoms with E-state index >= 15 is 0 Å². The molecule has 5 nitrogen and oxygen atoms in total. The van der Waals surface area contributed by atoms with Gasteiger partial charge in [0, 0.05) is 29.7 Å². The van der Waals surface area contributed by atoms with Crippen molar-refractivity contribution in [3.05, 3.63) is 59.7 Å². The number of hydrogen-bond donors (Lipinski definition) is 1. The summed E-state index contributed by atoms with van der Waals surface area (Å²) in [5, 5.41) is 3.05. The van der Waals surface area contributed by atoms with E-state index in [2.05, 4.69) is 36.5 Å². The van der Waals surface area contributed by atoms with Crippen molar-refractivity contribution in [3.63, 3.8) is 0 Å². The monoisotopic (exact) mass is 456 g/mol. The normalized spacial score (nSPS) is 12.7. The van der Waals surface area contributed by atoms with Gasteiger partial charge in [-0.15, -0.1) is 11.8 Å². The van der Waals surface area contributed by atoms with Crippen LogP contribution in [0.25, 0.3) is 0 Å². The average molecular weight is 457 g/mol. The van der Waals surface area contributed by atoms with Gasteiger partial charge >= 0.3 is 0 Å². The summed E-state index contributed by atoms with van der Waals surface area (Å²) in [6.07, 6.45) is 1.79. The number of amides is 2. The molecule has 0 unspecified atom stereocenters. The summed E-state index contributed by atoms with van der Waals surface area (Å²) >= 11 is 1.66. The highest BCUT2D eigenvalue weighted by Gasteiger charge is 2.29. The Morgan fingerprint density at radius 1 is 1.03 bits per heavy atom. The van der Waals surface area contributed by atoms with Gasteiger partial charge in [0.15, 0.2) is 0 Å². The molecule has 0 aliphatic rings. The van der Waals surface area contributed by atoms with Crippen LogP contribution in [0.2, 0.25) is 0 Å². The number of benzene rings is 2. The molecule has 2 aromatic carbocycles. The largest absolute Gasteiger partial charge is 0.497 e. The van der Waals surface area contributed by atoms with Crippen LogP contribution in [-0.2, 0) is 16.1 Å². The van der Waals surface area contributed by atoms with Gasteiger partial charge < -0.3 is 15.0 Å². The summed E-state index contributed by atoms with van der Waals surface area (Å²) in [6, 6.07) is 15.5. The predicted molar refractivity (Wildman–Crippen MR) is 132 cm³/mol. The van der Waals surface area contributed by atoms with Gasteiger partial charge in [-0.05, 0) is 56.5 Å². The van der Waals surface area contributed by atoms with Crippen LogP contribution in [0.1, 0.15) is 51.2 Å². The molecule has 0 radical (unpaired) electrons. The standard InChI is InChI=1S/C26H36N2O3S/c1-6-20(4)27-26(30)24(7-2)28(18-21-10-12-22(31-5)13-11-21)25(29)16-17-32-23-14-8-19(3)9-15-23/h8-15,20,24H,6-7,16-18H2,1-5H3,(H,27,30)/t20-,24-/m0/s1. The van der Waals surface area contributed by atoms with Gasteiger partial charge in [0.1, 0.15) is 11.8 Å². The van der Waals surface area contributed by atoms with Crippen molar-refractivity contribution < 1.29 is 14.3 Å². The van der Waals surface area contributed by atoms with Gasteiger partial charge in [0.05, 0.1) is 7.11 Å². The molecule has 0 aliphatic heterocycles. The Kier molecular flexibility index (Phi) is 10.6. The summed E-state index contributed by atoms with van der Waals surface area (Å²) in [7, 11) is 1.63. The molecular formula is C26H36N2O3S. The molecule has 0 heterocycles. The summed E-state index contributed by atoms with van der Waals surface area (Å²) in [5.74, 6) is 1.34. The fourth-order valence-corrected chi connectivity index (χ4v) is 4.16. The number of nitrogens with one attached hydrogen (secondary N) is 1. The molecule has 2 rings (SSSR count). The molecule has 0 aliphatic carbocycles. The van der Waals surface area contributed by atoms with Crippen molar-refractivity contribution in [2.24, 2.45) is 0 Å². The fraction of sp³-hybridized carbons (Fsp3) is 0.462. The van der Waals surface area contributed by atoms with Gasteiger partial charge in [-0.1, -0.05) is 43.7 Å². The molecule has 174 valence electrons. The van der Waals surface area contributed by atoms with Crippen LogP contribution < -0.4 is 10.1 Å². The van der Waals surface area contributed by atoms with Gasteiger partial charge in [-0.2, -0.15) is 0 Å². The maximum Gasteiger partial charge on any atom is 0.243 e. The third-order valence-electron chi connectivity index (χ3n) is 5.50. The van der Waals surface area contributed by atoms with E-state index in [0.717, 1.165) is 22.6 Å². The molecule has 2 atom stereocenters. The van der Waals surface area contributed by atoms with Gasteiger partial charge in [0.2, 0.25) is 11.8 Å². The highest BCUT2D eigenvalue weighted by molar-refractivity contribution is 7.99. The zero-order chi connectivity index (χ0) is 23.5. The Hall–Kier alpha value is -2.47. The SMILES string of the molecule is CC[C@H](C)NC(=O)[C@H](CC)N(Cc1ccc(OC)cc1)C(=O)CCSc1ccc(C)cc1. The first-order valence-electron chi connectivity index (χ1n) is 11.3. The minimum absolute atomic E-state index is 0.00780. The second kappa shape index (κ2) is 13.2. The molecule has 0 bridgehead atoms. The quantitative estimate of drug-likeness (QED) is 0.446. The van der Waals surface area contributed by atoms with Crippen LogP contribution >= 0.6 is 11.8 Å².